The second kappa shape index (κ2) is 6.79. The lowest BCUT2D eigenvalue weighted by Gasteiger charge is -2.39. The molecule has 0 saturated heterocycles. The number of hydrogen-bond acceptors (Lipinski definition) is 2. The van der Waals surface area contributed by atoms with E-state index in [2.05, 4.69) is 25.8 Å². The van der Waals surface area contributed by atoms with Crippen LogP contribution in [-0.2, 0) is 0 Å². The molecule has 0 amide bonds. The van der Waals surface area contributed by atoms with Crippen LogP contribution in [0.1, 0.15) is 57.1 Å². The summed E-state index contributed by atoms with van der Waals surface area (Å²) in [7, 11) is 0. The normalized spacial score (nSPS) is 27.3. The minimum atomic E-state index is -2.24. The highest BCUT2D eigenvalue weighted by atomic mass is 19.2. The molecule has 2 aromatic rings. The van der Waals surface area contributed by atoms with E-state index in [9.17, 15) is 27.1 Å². The first-order valence-electron chi connectivity index (χ1n) is 9.88. The number of phenols is 1. The van der Waals surface area contributed by atoms with Crippen LogP contribution in [0.2, 0.25) is 0 Å². The topological polar surface area (TPSA) is 32.6 Å². The van der Waals surface area contributed by atoms with Gasteiger partial charge in [-0.25, -0.2) is 26.9 Å². The Bertz CT molecular complexity index is 1040. The molecule has 30 heavy (non-hydrogen) atoms. The fraction of sp³-hybridized carbons (Fsp3) is 0.435. The minimum absolute atomic E-state index is 0.00760. The Labute approximate surface area is 171 Å². The maximum atomic E-state index is 13.9. The van der Waals surface area contributed by atoms with Crippen LogP contribution in [0.4, 0.5) is 27.6 Å². The zero-order valence-electron chi connectivity index (χ0n) is 16.9. The van der Waals surface area contributed by atoms with Gasteiger partial charge < -0.3 is 5.11 Å². The molecule has 0 heterocycles. The maximum Gasteiger partial charge on any atom is 0.200 e. The maximum absolute atomic E-state index is 13.9. The Morgan fingerprint density at radius 3 is 2.10 bits per heavy atom. The van der Waals surface area contributed by atoms with E-state index in [0.29, 0.717) is 11.5 Å². The molecule has 0 aliphatic heterocycles. The second-order valence-electron chi connectivity index (χ2n) is 9.12. The van der Waals surface area contributed by atoms with Gasteiger partial charge >= 0.3 is 0 Å². The molecule has 1 N–H and O–H groups in total. The lowest BCUT2D eigenvalue weighted by Crippen LogP contribution is -2.31. The van der Waals surface area contributed by atoms with Crippen molar-refractivity contribution in [2.45, 2.75) is 46.0 Å². The Balaban J connectivity index is 1.73. The molecule has 2 aliphatic rings. The van der Waals surface area contributed by atoms with Crippen molar-refractivity contribution in [3.05, 3.63) is 58.4 Å². The van der Waals surface area contributed by atoms with Crippen LogP contribution in [0.3, 0.4) is 0 Å². The predicted molar refractivity (Wildman–Crippen MR) is 104 cm³/mol. The van der Waals surface area contributed by atoms with E-state index < -0.39 is 34.8 Å². The summed E-state index contributed by atoms with van der Waals surface area (Å²) in [5, 5.41) is 10.8. The Kier molecular flexibility index (Phi) is 4.71. The van der Waals surface area contributed by atoms with E-state index in [1.165, 1.54) is 6.07 Å². The summed E-state index contributed by atoms with van der Waals surface area (Å²) in [4.78, 5) is 3.48. The molecule has 2 aliphatic carbocycles. The van der Waals surface area contributed by atoms with Crippen molar-refractivity contribution < 1.29 is 27.1 Å². The van der Waals surface area contributed by atoms with Crippen LogP contribution in [0.15, 0.2) is 23.2 Å². The molecule has 0 aromatic heterocycles. The fourth-order valence-electron chi connectivity index (χ4n) is 5.48. The first-order chi connectivity index (χ1) is 14.0. The number of aromatic hydroxyl groups is 1. The molecule has 2 saturated carbocycles. The quantitative estimate of drug-likeness (QED) is 0.251. The van der Waals surface area contributed by atoms with Crippen molar-refractivity contribution in [3.8, 4) is 5.75 Å². The Hall–Kier alpha value is -2.44. The Morgan fingerprint density at radius 2 is 1.57 bits per heavy atom. The highest BCUT2D eigenvalue weighted by Crippen LogP contribution is 2.71. The molecule has 2 bridgehead atoms. The summed E-state index contributed by atoms with van der Waals surface area (Å²) < 4.78 is 67.7. The lowest BCUT2D eigenvalue weighted by molar-refractivity contribution is 0.133. The minimum Gasteiger partial charge on any atom is -0.507 e. The number of benzene rings is 2. The first kappa shape index (κ1) is 20.8. The van der Waals surface area contributed by atoms with Crippen molar-refractivity contribution in [2.24, 2.45) is 21.7 Å². The smallest absolute Gasteiger partial charge is 0.200 e. The molecule has 2 nitrogen and oxygen atoms in total. The van der Waals surface area contributed by atoms with Gasteiger partial charge in [-0.15, -0.1) is 0 Å². The molecule has 2 fully saturated rings. The van der Waals surface area contributed by atoms with E-state index in [4.69, 9.17) is 0 Å². The molecular formula is C23H22F5NO. The fourth-order valence-corrected chi connectivity index (χ4v) is 5.48. The molecule has 4 rings (SSSR count). The summed E-state index contributed by atoms with van der Waals surface area (Å²) in [6, 6.07) is 4.99. The van der Waals surface area contributed by atoms with Gasteiger partial charge in [-0.05, 0) is 53.6 Å². The van der Waals surface area contributed by atoms with E-state index in [1.54, 1.807) is 6.07 Å². The summed E-state index contributed by atoms with van der Waals surface area (Å²) in [5.41, 5.74) is -0.311. The van der Waals surface area contributed by atoms with Gasteiger partial charge in [0.1, 0.15) is 11.4 Å². The number of aliphatic imine (C=N–C) groups is 1. The molecule has 7 heteroatoms. The predicted octanol–water partition coefficient (Wildman–Crippen LogP) is 6.77. The standard InChI is InChI=1S/C23H22F5NO/c1-22(2)12-7-8-23(22,3)14(9-12)13-6-4-5-11(21(13)30)10-29-20-18(27)16(25)15(24)17(26)19(20)28/h4-6,10,12,14,30H,7-9H2,1-3H3. The van der Waals surface area contributed by atoms with Crippen molar-refractivity contribution in [1.29, 1.82) is 0 Å². The second-order valence-corrected chi connectivity index (χ2v) is 9.12. The monoisotopic (exact) mass is 423 g/mol. The van der Waals surface area contributed by atoms with Gasteiger partial charge in [-0.1, -0.05) is 32.9 Å². The zero-order valence-corrected chi connectivity index (χ0v) is 16.9. The van der Waals surface area contributed by atoms with Crippen molar-refractivity contribution >= 4 is 11.9 Å². The van der Waals surface area contributed by atoms with Gasteiger partial charge in [0, 0.05) is 11.8 Å². The van der Waals surface area contributed by atoms with E-state index in [1.807, 2.05) is 6.07 Å². The van der Waals surface area contributed by atoms with Crippen molar-refractivity contribution in [3.63, 3.8) is 0 Å². The average Bonchev–Trinajstić information content (AvgIpc) is 3.05. The molecule has 160 valence electrons. The number of nitrogens with zero attached hydrogens (tertiary/aromatic N) is 1. The summed E-state index contributed by atoms with van der Waals surface area (Å²) in [6.45, 7) is 6.71. The Morgan fingerprint density at radius 1 is 0.967 bits per heavy atom. The molecule has 3 unspecified atom stereocenters. The van der Waals surface area contributed by atoms with Gasteiger partial charge in [-0.2, -0.15) is 0 Å². The molecule has 0 spiro atoms. The first-order valence-corrected chi connectivity index (χ1v) is 9.88. The van der Waals surface area contributed by atoms with E-state index >= 15 is 0 Å². The summed E-state index contributed by atoms with van der Waals surface area (Å²) in [5.74, 6) is -9.82. The SMILES string of the molecule is CC1(C)C2CCC1(C)C(c1cccc(C=Nc3c(F)c(F)c(F)c(F)c3F)c1O)C2. The highest BCUT2D eigenvalue weighted by Gasteiger charge is 2.61. The molecular weight excluding hydrogens is 401 g/mol. The number of halogens is 5. The van der Waals surface area contributed by atoms with E-state index in [-0.39, 0.29) is 28.1 Å². The third kappa shape index (κ3) is 2.70. The molecule has 2 aromatic carbocycles. The molecule has 0 radical (unpaired) electrons. The van der Waals surface area contributed by atoms with Gasteiger partial charge in [0.15, 0.2) is 23.3 Å². The van der Waals surface area contributed by atoms with Gasteiger partial charge in [0.05, 0.1) is 0 Å². The van der Waals surface area contributed by atoms with Crippen molar-refractivity contribution in [2.75, 3.05) is 0 Å². The number of hydrogen-bond donors (Lipinski definition) is 1. The number of phenolic OH excluding ortho intramolecular Hbond substituents is 1. The van der Waals surface area contributed by atoms with Crippen molar-refractivity contribution in [1.82, 2.24) is 0 Å². The van der Waals surface area contributed by atoms with Crippen LogP contribution in [0.5, 0.6) is 5.75 Å². The zero-order chi connectivity index (χ0) is 22.0. The third-order valence-corrected chi connectivity index (χ3v) is 7.79. The van der Waals surface area contributed by atoms with Gasteiger partial charge in [0.25, 0.3) is 0 Å². The summed E-state index contributed by atoms with van der Waals surface area (Å²) >= 11 is 0. The number of rotatable bonds is 3. The lowest BCUT2D eigenvalue weighted by atomic mass is 9.65. The third-order valence-electron chi connectivity index (χ3n) is 7.79. The number of fused-ring (bicyclic) bond motifs is 2. The van der Waals surface area contributed by atoms with Crippen LogP contribution in [0, 0.1) is 45.8 Å². The number of para-hydroxylation sites is 1. The van der Waals surface area contributed by atoms with Crippen LogP contribution >= 0.6 is 0 Å². The largest absolute Gasteiger partial charge is 0.507 e. The van der Waals surface area contributed by atoms with Crippen LogP contribution in [-0.4, -0.2) is 11.3 Å². The van der Waals surface area contributed by atoms with E-state index in [0.717, 1.165) is 25.5 Å². The molecule has 3 atom stereocenters. The highest BCUT2D eigenvalue weighted by molar-refractivity contribution is 5.86. The van der Waals surface area contributed by atoms with Gasteiger partial charge in [0.2, 0.25) is 5.82 Å². The van der Waals surface area contributed by atoms with Gasteiger partial charge in [-0.3, -0.25) is 0 Å². The van der Waals surface area contributed by atoms with Crippen LogP contribution in [0.25, 0.3) is 0 Å². The average molecular weight is 423 g/mol. The van der Waals surface area contributed by atoms with Crippen LogP contribution < -0.4 is 0 Å². The summed E-state index contributed by atoms with van der Waals surface area (Å²) in [6.07, 6.45) is 4.03.